The quantitative estimate of drug-likeness (QED) is 0.400. The van der Waals surface area contributed by atoms with E-state index >= 15 is 0 Å². The largest absolute Gasteiger partial charge is 0.330 e. The van der Waals surface area contributed by atoms with Gasteiger partial charge in [0.05, 0.1) is 0 Å². The molecule has 23 heavy (non-hydrogen) atoms. The van der Waals surface area contributed by atoms with E-state index in [9.17, 15) is 0 Å². The molecule has 0 atom stereocenters. The van der Waals surface area contributed by atoms with Crippen LogP contribution in [0.25, 0.3) is 0 Å². The summed E-state index contributed by atoms with van der Waals surface area (Å²) in [5.41, 5.74) is 6.88. The van der Waals surface area contributed by atoms with Crippen LogP contribution in [0.5, 0.6) is 0 Å². The molecule has 132 valence electrons. The second-order valence-corrected chi connectivity index (χ2v) is 6.69. The molecule has 0 saturated carbocycles. The van der Waals surface area contributed by atoms with Crippen molar-refractivity contribution in [2.45, 2.75) is 83.6 Å². The molecular weight excluding hydrogens is 280 g/mol. The first-order valence-electron chi connectivity index (χ1n) is 9.88. The average Bonchev–Trinajstić information content (AvgIpc) is 2.59. The lowest BCUT2D eigenvalue weighted by molar-refractivity contribution is 0.534. The van der Waals surface area contributed by atoms with Crippen LogP contribution in [-0.2, 0) is 6.54 Å². The molecule has 2 heteroatoms. The summed E-state index contributed by atoms with van der Waals surface area (Å²) >= 11 is 0. The Balaban J connectivity index is 1.72. The summed E-state index contributed by atoms with van der Waals surface area (Å²) < 4.78 is 0. The van der Waals surface area contributed by atoms with Crippen LogP contribution in [0.4, 0.5) is 0 Å². The summed E-state index contributed by atoms with van der Waals surface area (Å²) in [6, 6.07) is 10.7. The highest BCUT2D eigenvalue weighted by atomic mass is 14.8. The summed E-state index contributed by atoms with van der Waals surface area (Å²) in [5.74, 6) is 0. The van der Waals surface area contributed by atoms with Crippen molar-refractivity contribution >= 4 is 0 Å². The number of hydrogen-bond acceptors (Lipinski definition) is 2. The van der Waals surface area contributed by atoms with Gasteiger partial charge in [-0.3, -0.25) is 0 Å². The Morgan fingerprint density at radius 1 is 0.609 bits per heavy atom. The summed E-state index contributed by atoms with van der Waals surface area (Å²) in [7, 11) is 0. The lowest BCUT2D eigenvalue weighted by atomic mass is 10.1. The van der Waals surface area contributed by atoms with Gasteiger partial charge in [-0.25, -0.2) is 0 Å². The zero-order valence-corrected chi connectivity index (χ0v) is 15.1. The van der Waals surface area contributed by atoms with Crippen LogP contribution in [-0.4, -0.2) is 13.1 Å². The topological polar surface area (TPSA) is 38.0 Å². The summed E-state index contributed by atoms with van der Waals surface area (Å²) in [5, 5.41) is 3.53. The zero-order chi connectivity index (χ0) is 16.4. The molecule has 0 fully saturated rings. The highest BCUT2D eigenvalue weighted by Crippen LogP contribution is 2.11. The monoisotopic (exact) mass is 318 g/mol. The van der Waals surface area contributed by atoms with Gasteiger partial charge in [0.25, 0.3) is 0 Å². The Hall–Kier alpha value is -0.860. The maximum atomic E-state index is 5.50. The number of nitrogens with one attached hydrogen (secondary N) is 1. The molecule has 0 aliphatic heterocycles. The van der Waals surface area contributed by atoms with E-state index in [1.54, 1.807) is 0 Å². The fourth-order valence-corrected chi connectivity index (χ4v) is 2.99. The maximum absolute atomic E-state index is 5.50. The summed E-state index contributed by atoms with van der Waals surface area (Å²) in [6.07, 6.45) is 16.6. The average molecular weight is 319 g/mol. The zero-order valence-electron chi connectivity index (χ0n) is 15.1. The Morgan fingerprint density at radius 2 is 1.09 bits per heavy atom. The van der Waals surface area contributed by atoms with Crippen LogP contribution in [0.3, 0.4) is 0 Å². The van der Waals surface area contributed by atoms with Gasteiger partial charge in [-0.15, -0.1) is 0 Å². The molecule has 0 amide bonds. The van der Waals surface area contributed by atoms with E-state index in [-0.39, 0.29) is 0 Å². The molecule has 1 aromatic carbocycles. The summed E-state index contributed by atoms with van der Waals surface area (Å²) in [4.78, 5) is 0. The molecule has 0 radical (unpaired) electrons. The van der Waals surface area contributed by atoms with Gasteiger partial charge in [0.1, 0.15) is 0 Å². The van der Waals surface area contributed by atoms with Crippen LogP contribution in [0.1, 0.15) is 82.6 Å². The molecule has 1 aromatic rings. The minimum absolute atomic E-state index is 0.863. The molecule has 2 nitrogen and oxygen atoms in total. The van der Waals surface area contributed by atoms with E-state index in [4.69, 9.17) is 5.73 Å². The van der Waals surface area contributed by atoms with Crippen LogP contribution >= 0.6 is 0 Å². The van der Waals surface area contributed by atoms with E-state index in [2.05, 4.69) is 35.6 Å². The van der Waals surface area contributed by atoms with Gasteiger partial charge in [0.15, 0.2) is 0 Å². The van der Waals surface area contributed by atoms with Crippen LogP contribution in [0.2, 0.25) is 0 Å². The van der Waals surface area contributed by atoms with Crippen LogP contribution < -0.4 is 11.1 Å². The summed E-state index contributed by atoms with van der Waals surface area (Å²) in [6.45, 7) is 3.02. The highest BCUT2D eigenvalue weighted by Gasteiger charge is 1.94. The van der Waals surface area contributed by atoms with Crippen molar-refractivity contribution in [1.29, 1.82) is 0 Å². The molecule has 0 unspecified atom stereocenters. The molecule has 0 bridgehead atoms. The predicted octanol–water partition coefficient (Wildman–Crippen LogP) is 5.42. The van der Waals surface area contributed by atoms with Gasteiger partial charge < -0.3 is 11.1 Å². The van der Waals surface area contributed by atoms with Crippen LogP contribution in [0.15, 0.2) is 30.3 Å². The number of unbranched alkanes of at least 4 members (excludes halogenated alkanes) is 11. The first-order chi connectivity index (χ1) is 11.4. The Labute approximate surface area is 144 Å². The van der Waals surface area contributed by atoms with E-state index in [0.29, 0.717) is 0 Å². The fraction of sp³-hybridized carbons (Fsp3) is 0.714. The third kappa shape index (κ3) is 13.3. The van der Waals surface area contributed by atoms with E-state index in [0.717, 1.165) is 19.6 Å². The molecular formula is C21H38N2. The maximum Gasteiger partial charge on any atom is 0.0205 e. The minimum Gasteiger partial charge on any atom is -0.330 e. The SMILES string of the molecule is NCCCCCCCCCCCCCCNCc1ccccc1. The second-order valence-electron chi connectivity index (χ2n) is 6.69. The highest BCUT2D eigenvalue weighted by molar-refractivity contribution is 5.14. The lowest BCUT2D eigenvalue weighted by Crippen LogP contribution is -2.14. The molecule has 0 spiro atoms. The number of hydrogen-bond donors (Lipinski definition) is 2. The van der Waals surface area contributed by atoms with Crippen molar-refractivity contribution in [2.24, 2.45) is 5.73 Å². The van der Waals surface area contributed by atoms with Gasteiger partial charge in [-0.2, -0.15) is 0 Å². The van der Waals surface area contributed by atoms with Gasteiger partial charge in [0, 0.05) is 6.54 Å². The third-order valence-corrected chi connectivity index (χ3v) is 4.48. The van der Waals surface area contributed by atoms with Gasteiger partial charge in [-0.05, 0) is 31.5 Å². The lowest BCUT2D eigenvalue weighted by Gasteiger charge is -2.05. The number of benzene rings is 1. The smallest absolute Gasteiger partial charge is 0.0205 e. The van der Waals surface area contributed by atoms with Gasteiger partial charge in [-0.1, -0.05) is 94.5 Å². The molecule has 3 N–H and O–H groups in total. The molecule has 0 aliphatic carbocycles. The number of rotatable bonds is 16. The normalized spacial score (nSPS) is 11.0. The molecule has 0 aromatic heterocycles. The Bertz CT molecular complexity index is 337. The van der Waals surface area contributed by atoms with Crippen LogP contribution in [0, 0.1) is 0 Å². The molecule has 0 saturated heterocycles. The van der Waals surface area contributed by atoms with Gasteiger partial charge in [0.2, 0.25) is 0 Å². The van der Waals surface area contributed by atoms with Gasteiger partial charge >= 0.3 is 0 Å². The Kier molecular flexibility index (Phi) is 14.1. The number of nitrogens with two attached hydrogens (primary N) is 1. The van der Waals surface area contributed by atoms with Crippen molar-refractivity contribution < 1.29 is 0 Å². The van der Waals surface area contributed by atoms with E-state index < -0.39 is 0 Å². The van der Waals surface area contributed by atoms with Crippen molar-refractivity contribution in [2.75, 3.05) is 13.1 Å². The van der Waals surface area contributed by atoms with Crippen molar-refractivity contribution in [3.63, 3.8) is 0 Å². The van der Waals surface area contributed by atoms with Crippen molar-refractivity contribution in [3.05, 3.63) is 35.9 Å². The van der Waals surface area contributed by atoms with Crippen molar-refractivity contribution in [1.82, 2.24) is 5.32 Å². The standard InChI is InChI=1S/C21H38N2/c22-18-14-9-7-5-3-1-2-4-6-8-10-15-19-23-20-21-16-12-11-13-17-21/h11-13,16-17,23H,1-10,14-15,18-20,22H2. The van der Waals surface area contributed by atoms with E-state index in [1.165, 1.54) is 82.6 Å². The third-order valence-electron chi connectivity index (χ3n) is 4.48. The first kappa shape index (κ1) is 20.2. The van der Waals surface area contributed by atoms with Crippen molar-refractivity contribution in [3.8, 4) is 0 Å². The molecule has 0 heterocycles. The Morgan fingerprint density at radius 3 is 1.61 bits per heavy atom. The molecule has 1 rings (SSSR count). The van der Waals surface area contributed by atoms with E-state index in [1.807, 2.05) is 0 Å². The minimum atomic E-state index is 0.863. The first-order valence-corrected chi connectivity index (χ1v) is 9.88. The second kappa shape index (κ2) is 16.0. The molecule has 0 aliphatic rings. The fourth-order valence-electron chi connectivity index (χ4n) is 2.99. The predicted molar refractivity (Wildman–Crippen MR) is 103 cm³/mol.